The second-order valence-electron chi connectivity index (χ2n) is 6.28. The highest BCUT2D eigenvalue weighted by Crippen LogP contribution is 2.40. The zero-order valence-electron chi connectivity index (χ0n) is 13.3. The molecule has 5 heteroatoms. The van der Waals surface area contributed by atoms with Crippen molar-refractivity contribution in [1.29, 1.82) is 0 Å². The number of nitrogens with one attached hydrogen (secondary N) is 2. The molecule has 4 nitrogen and oxygen atoms in total. The summed E-state index contributed by atoms with van der Waals surface area (Å²) in [5, 5.41) is 7.76. The van der Waals surface area contributed by atoms with Gasteiger partial charge in [-0.3, -0.25) is 0 Å². The van der Waals surface area contributed by atoms with Crippen molar-refractivity contribution < 1.29 is 0 Å². The maximum absolute atomic E-state index is 4.81. The van der Waals surface area contributed by atoms with Crippen LogP contribution in [0, 0.1) is 6.92 Å². The molecule has 21 heavy (non-hydrogen) atoms. The fourth-order valence-electron chi connectivity index (χ4n) is 3.08. The van der Waals surface area contributed by atoms with E-state index in [-0.39, 0.29) is 0 Å². The third-order valence-electron chi connectivity index (χ3n) is 4.69. The predicted octanol–water partition coefficient (Wildman–Crippen LogP) is 3.79. The van der Waals surface area contributed by atoms with Crippen molar-refractivity contribution in [2.75, 3.05) is 23.9 Å². The summed E-state index contributed by atoms with van der Waals surface area (Å²) in [6, 6.07) is 0.568. The number of nitrogens with zero attached hydrogens (tertiary/aromatic N) is 2. The molecule has 2 saturated carbocycles. The lowest BCUT2D eigenvalue weighted by Crippen LogP contribution is -2.28. The van der Waals surface area contributed by atoms with Crippen molar-refractivity contribution in [2.45, 2.75) is 62.7 Å². The zero-order valence-corrected chi connectivity index (χ0v) is 14.1. The van der Waals surface area contributed by atoms with Crippen molar-refractivity contribution in [3.8, 4) is 0 Å². The molecule has 0 bridgehead atoms. The summed E-state index contributed by atoms with van der Waals surface area (Å²) in [6.45, 7) is 2.11. The van der Waals surface area contributed by atoms with Gasteiger partial charge in [-0.15, -0.1) is 0 Å². The van der Waals surface area contributed by atoms with Crippen LogP contribution in [0.4, 0.5) is 11.6 Å². The highest BCUT2D eigenvalue weighted by molar-refractivity contribution is 7.99. The zero-order chi connectivity index (χ0) is 14.8. The first-order valence-corrected chi connectivity index (χ1v) is 9.35. The fraction of sp³-hybridized carbons (Fsp3) is 0.750. The van der Waals surface area contributed by atoms with Crippen LogP contribution in [0.25, 0.3) is 0 Å². The Bertz CT molecular complexity index is 493. The van der Waals surface area contributed by atoms with Crippen LogP contribution in [0.15, 0.2) is 0 Å². The lowest BCUT2D eigenvalue weighted by atomic mass is 9.95. The SMILES string of the molecule is CNc1nc(C2CC2)nc(NC2CCC(SC)CC2)c1C. The first-order chi connectivity index (χ1) is 10.2. The minimum Gasteiger partial charge on any atom is -0.373 e. The Labute approximate surface area is 131 Å². The Balaban J connectivity index is 1.73. The van der Waals surface area contributed by atoms with Crippen LogP contribution in [-0.2, 0) is 0 Å². The lowest BCUT2D eigenvalue weighted by Gasteiger charge is -2.29. The molecule has 0 saturated heterocycles. The number of thioether (sulfide) groups is 1. The molecule has 0 amide bonds. The molecule has 1 heterocycles. The molecular weight excluding hydrogens is 280 g/mol. The summed E-state index contributed by atoms with van der Waals surface area (Å²) in [5.74, 6) is 3.63. The maximum Gasteiger partial charge on any atom is 0.136 e. The number of rotatable bonds is 5. The van der Waals surface area contributed by atoms with Crippen LogP contribution in [0.2, 0.25) is 0 Å². The van der Waals surface area contributed by atoms with E-state index in [1.54, 1.807) is 0 Å². The molecule has 1 aromatic heterocycles. The molecule has 0 spiro atoms. The molecular formula is C16H26N4S. The van der Waals surface area contributed by atoms with E-state index < -0.39 is 0 Å². The van der Waals surface area contributed by atoms with Gasteiger partial charge < -0.3 is 10.6 Å². The van der Waals surface area contributed by atoms with Gasteiger partial charge in [0.05, 0.1) is 0 Å². The van der Waals surface area contributed by atoms with Crippen molar-refractivity contribution in [1.82, 2.24) is 9.97 Å². The molecule has 3 rings (SSSR count). The van der Waals surface area contributed by atoms with E-state index >= 15 is 0 Å². The molecule has 2 aliphatic carbocycles. The number of aromatic nitrogens is 2. The van der Waals surface area contributed by atoms with Gasteiger partial charge in [-0.25, -0.2) is 9.97 Å². The minimum atomic E-state index is 0.568. The first kappa shape index (κ1) is 14.9. The lowest BCUT2D eigenvalue weighted by molar-refractivity contribution is 0.472. The summed E-state index contributed by atoms with van der Waals surface area (Å²) < 4.78 is 0. The number of hydrogen-bond donors (Lipinski definition) is 2. The highest BCUT2D eigenvalue weighted by Gasteiger charge is 2.29. The van der Waals surface area contributed by atoms with Crippen molar-refractivity contribution in [3.63, 3.8) is 0 Å². The summed E-state index contributed by atoms with van der Waals surface area (Å²) in [4.78, 5) is 9.48. The molecule has 2 fully saturated rings. The van der Waals surface area contributed by atoms with Gasteiger partial charge in [-0.1, -0.05) is 0 Å². The molecule has 0 radical (unpaired) electrons. The summed E-state index contributed by atoms with van der Waals surface area (Å²) in [7, 11) is 1.94. The van der Waals surface area contributed by atoms with E-state index in [2.05, 4.69) is 28.8 Å². The number of anilines is 2. The Morgan fingerprint density at radius 1 is 1.00 bits per heavy atom. The molecule has 2 aliphatic rings. The van der Waals surface area contributed by atoms with E-state index in [9.17, 15) is 0 Å². The van der Waals surface area contributed by atoms with E-state index in [0.29, 0.717) is 12.0 Å². The van der Waals surface area contributed by atoms with Crippen molar-refractivity contribution in [2.24, 2.45) is 0 Å². The first-order valence-electron chi connectivity index (χ1n) is 8.07. The van der Waals surface area contributed by atoms with Crippen LogP contribution in [0.3, 0.4) is 0 Å². The van der Waals surface area contributed by atoms with Gasteiger partial charge in [0.25, 0.3) is 0 Å². The van der Waals surface area contributed by atoms with Gasteiger partial charge in [0, 0.05) is 29.8 Å². The monoisotopic (exact) mass is 306 g/mol. The Morgan fingerprint density at radius 3 is 2.24 bits per heavy atom. The fourth-order valence-corrected chi connectivity index (χ4v) is 3.82. The molecule has 1 aromatic rings. The van der Waals surface area contributed by atoms with Gasteiger partial charge >= 0.3 is 0 Å². The Hall–Kier alpha value is -0.970. The van der Waals surface area contributed by atoms with Crippen LogP contribution in [0.5, 0.6) is 0 Å². The smallest absolute Gasteiger partial charge is 0.136 e. The van der Waals surface area contributed by atoms with E-state index in [0.717, 1.165) is 28.3 Å². The molecule has 116 valence electrons. The third kappa shape index (κ3) is 3.44. The van der Waals surface area contributed by atoms with Gasteiger partial charge in [-0.2, -0.15) is 11.8 Å². The van der Waals surface area contributed by atoms with E-state index in [1.807, 2.05) is 18.8 Å². The number of hydrogen-bond acceptors (Lipinski definition) is 5. The second kappa shape index (κ2) is 6.42. The summed E-state index contributed by atoms with van der Waals surface area (Å²) in [6.07, 6.45) is 9.85. The largest absolute Gasteiger partial charge is 0.373 e. The predicted molar refractivity (Wildman–Crippen MR) is 91.5 cm³/mol. The van der Waals surface area contributed by atoms with Crippen LogP contribution in [0.1, 0.15) is 55.8 Å². The average molecular weight is 306 g/mol. The van der Waals surface area contributed by atoms with Gasteiger partial charge in [0.2, 0.25) is 0 Å². The quantitative estimate of drug-likeness (QED) is 0.867. The maximum atomic E-state index is 4.81. The van der Waals surface area contributed by atoms with E-state index in [4.69, 9.17) is 4.98 Å². The summed E-state index contributed by atoms with van der Waals surface area (Å²) in [5.41, 5.74) is 1.15. The average Bonchev–Trinajstić information content (AvgIpc) is 3.35. The Morgan fingerprint density at radius 2 is 1.67 bits per heavy atom. The van der Waals surface area contributed by atoms with Crippen LogP contribution < -0.4 is 10.6 Å². The van der Waals surface area contributed by atoms with E-state index in [1.165, 1.54) is 38.5 Å². The molecule has 0 unspecified atom stereocenters. The normalized spacial score (nSPS) is 25.7. The van der Waals surface area contributed by atoms with Gasteiger partial charge in [-0.05, 0) is 51.7 Å². The minimum absolute atomic E-state index is 0.568. The van der Waals surface area contributed by atoms with Gasteiger partial charge in [0.1, 0.15) is 17.5 Å². The topological polar surface area (TPSA) is 49.8 Å². The van der Waals surface area contributed by atoms with Crippen LogP contribution in [-0.4, -0.2) is 34.6 Å². The standard InChI is InChI=1S/C16H26N4S/c1-10-14(17-2)19-16(11-4-5-11)20-15(10)18-12-6-8-13(21-3)9-7-12/h11-13H,4-9H2,1-3H3,(H2,17,18,19,20). The molecule has 2 N–H and O–H groups in total. The Kier molecular flexibility index (Phi) is 4.57. The molecule has 0 atom stereocenters. The highest BCUT2D eigenvalue weighted by atomic mass is 32.2. The van der Waals surface area contributed by atoms with Crippen LogP contribution >= 0.6 is 11.8 Å². The second-order valence-corrected chi connectivity index (χ2v) is 7.42. The molecule has 0 aromatic carbocycles. The molecule has 0 aliphatic heterocycles. The van der Waals surface area contributed by atoms with Gasteiger partial charge in [0.15, 0.2) is 0 Å². The third-order valence-corrected chi connectivity index (χ3v) is 5.83. The van der Waals surface area contributed by atoms with Crippen molar-refractivity contribution in [3.05, 3.63) is 11.4 Å². The van der Waals surface area contributed by atoms with Crippen molar-refractivity contribution >= 4 is 23.4 Å². The summed E-state index contributed by atoms with van der Waals surface area (Å²) >= 11 is 2.01.